The van der Waals surface area contributed by atoms with Crippen LogP contribution in [0.25, 0.3) is 0 Å². The van der Waals surface area contributed by atoms with Crippen molar-refractivity contribution in [1.29, 1.82) is 0 Å². The number of allylic oxidation sites excluding steroid dienone is 1. The third-order valence-corrected chi connectivity index (χ3v) is 5.50. The number of nitrogens with zero attached hydrogens (tertiary/aromatic N) is 1. The summed E-state index contributed by atoms with van der Waals surface area (Å²) in [5, 5.41) is 3.86. The van der Waals surface area contributed by atoms with Gasteiger partial charge in [-0.15, -0.1) is 0 Å². The summed E-state index contributed by atoms with van der Waals surface area (Å²) in [7, 11) is 4.60. The fraction of sp³-hybridized carbons (Fsp3) is 0.889. The first kappa shape index (κ1) is 16.0. The van der Waals surface area contributed by atoms with Gasteiger partial charge in [-0.3, -0.25) is 0 Å². The molecule has 0 aromatic rings. The third-order valence-electron chi connectivity index (χ3n) is 5.50. The SMILES string of the molecule is CCNC(C1=CCCCCC1)C1(N(C)C)CCCCC1. The number of rotatable bonds is 5. The minimum Gasteiger partial charge on any atom is -0.309 e. The van der Waals surface area contributed by atoms with Gasteiger partial charge in [-0.25, -0.2) is 0 Å². The molecule has 0 aliphatic heterocycles. The average molecular weight is 278 g/mol. The molecule has 1 saturated carbocycles. The van der Waals surface area contributed by atoms with Crippen LogP contribution in [0.4, 0.5) is 0 Å². The molecule has 0 amide bonds. The second-order valence-electron chi connectivity index (χ2n) is 6.93. The van der Waals surface area contributed by atoms with E-state index in [1.807, 2.05) is 0 Å². The topological polar surface area (TPSA) is 15.3 Å². The van der Waals surface area contributed by atoms with Gasteiger partial charge in [-0.2, -0.15) is 0 Å². The van der Waals surface area contributed by atoms with Gasteiger partial charge in [0.15, 0.2) is 0 Å². The number of nitrogens with one attached hydrogen (secondary N) is 1. The zero-order valence-corrected chi connectivity index (χ0v) is 13.9. The summed E-state index contributed by atoms with van der Waals surface area (Å²) in [4.78, 5) is 2.53. The molecule has 2 aliphatic carbocycles. The van der Waals surface area contributed by atoms with Crippen molar-refractivity contribution in [1.82, 2.24) is 10.2 Å². The highest BCUT2D eigenvalue weighted by Gasteiger charge is 2.42. The van der Waals surface area contributed by atoms with Gasteiger partial charge in [0.1, 0.15) is 0 Å². The molecule has 2 rings (SSSR count). The molecule has 0 saturated heterocycles. The quantitative estimate of drug-likeness (QED) is 0.761. The Morgan fingerprint density at radius 1 is 1.10 bits per heavy atom. The zero-order chi connectivity index (χ0) is 14.4. The molecule has 1 fully saturated rings. The molecule has 0 aromatic heterocycles. The fourth-order valence-corrected chi connectivity index (χ4v) is 4.33. The summed E-state index contributed by atoms with van der Waals surface area (Å²) in [5.74, 6) is 0. The molecular formula is C18H34N2. The Morgan fingerprint density at radius 2 is 1.80 bits per heavy atom. The highest BCUT2D eigenvalue weighted by atomic mass is 15.2. The van der Waals surface area contributed by atoms with Gasteiger partial charge >= 0.3 is 0 Å². The summed E-state index contributed by atoms with van der Waals surface area (Å²) in [6.07, 6.45) is 16.3. The van der Waals surface area contributed by atoms with Crippen molar-refractivity contribution in [2.24, 2.45) is 0 Å². The van der Waals surface area contributed by atoms with Crippen molar-refractivity contribution < 1.29 is 0 Å². The molecule has 1 atom stereocenters. The van der Waals surface area contributed by atoms with Gasteiger partial charge in [0, 0.05) is 11.6 Å². The Morgan fingerprint density at radius 3 is 2.45 bits per heavy atom. The summed E-state index contributed by atoms with van der Waals surface area (Å²) in [5.41, 5.74) is 2.06. The van der Waals surface area contributed by atoms with Crippen LogP contribution in [0.2, 0.25) is 0 Å². The van der Waals surface area contributed by atoms with E-state index in [0.717, 1.165) is 6.54 Å². The van der Waals surface area contributed by atoms with E-state index in [1.54, 1.807) is 5.57 Å². The summed E-state index contributed by atoms with van der Waals surface area (Å²) in [6, 6.07) is 0.570. The first-order chi connectivity index (χ1) is 9.70. The molecule has 0 heterocycles. The van der Waals surface area contributed by atoms with Crippen molar-refractivity contribution in [3.8, 4) is 0 Å². The molecule has 116 valence electrons. The predicted octanol–water partition coefficient (Wildman–Crippen LogP) is 4.12. The molecular weight excluding hydrogens is 244 g/mol. The number of hydrogen-bond acceptors (Lipinski definition) is 2. The first-order valence-electron chi connectivity index (χ1n) is 8.80. The molecule has 2 aliphatic rings. The van der Waals surface area contributed by atoms with E-state index in [2.05, 4.69) is 37.3 Å². The van der Waals surface area contributed by atoms with E-state index >= 15 is 0 Å². The van der Waals surface area contributed by atoms with Crippen LogP contribution in [0, 0.1) is 0 Å². The van der Waals surface area contributed by atoms with Gasteiger partial charge in [-0.1, -0.05) is 44.3 Å². The Labute approximate surface area is 126 Å². The van der Waals surface area contributed by atoms with E-state index in [1.165, 1.54) is 64.2 Å². The largest absolute Gasteiger partial charge is 0.309 e. The van der Waals surface area contributed by atoms with Gasteiger partial charge in [0.05, 0.1) is 0 Å². The van der Waals surface area contributed by atoms with Crippen molar-refractivity contribution in [2.75, 3.05) is 20.6 Å². The Bertz CT molecular complexity index is 313. The van der Waals surface area contributed by atoms with Gasteiger partial charge in [0.2, 0.25) is 0 Å². The summed E-state index contributed by atoms with van der Waals surface area (Å²) < 4.78 is 0. The maximum Gasteiger partial charge on any atom is 0.0466 e. The van der Waals surface area contributed by atoms with Crippen LogP contribution in [0.5, 0.6) is 0 Å². The molecule has 0 spiro atoms. The minimum atomic E-state index is 0.352. The Balaban J connectivity index is 2.25. The smallest absolute Gasteiger partial charge is 0.0466 e. The van der Waals surface area contributed by atoms with Crippen molar-refractivity contribution >= 4 is 0 Å². The van der Waals surface area contributed by atoms with Crippen LogP contribution < -0.4 is 5.32 Å². The lowest BCUT2D eigenvalue weighted by atomic mass is 9.72. The van der Waals surface area contributed by atoms with Crippen LogP contribution in [0.3, 0.4) is 0 Å². The van der Waals surface area contributed by atoms with Crippen LogP contribution in [0.15, 0.2) is 11.6 Å². The lowest BCUT2D eigenvalue weighted by Gasteiger charge is -2.49. The number of likely N-dealkylation sites (N-methyl/N-ethyl adjacent to an activating group) is 2. The van der Waals surface area contributed by atoms with Crippen molar-refractivity contribution in [3.63, 3.8) is 0 Å². The maximum absolute atomic E-state index is 3.86. The van der Waals surface area contributed by atoms with E-state index in [4.69, 9.17) is 0 Å². The lowest BCUT2D eigenvalue weighted by Crippen LogP contribution is -2.60. The lowest BCUT2D eigenvalue weighted by molar-refractivity contribution is 0.0690. The fourth-order valence-electron chi connectivity index (χ4n) is 4.33. The molecule has 0 radical (unpaired) electrons. The first-order valence-corrected chi connectivity index (χ1v) is 8.80. The van der Waals surface area contributed by atoms with E-state index in [9.17, 15) is 0 Å². The second-order valence-corrected chi connectivity index (χ2v) is 6.93. The van der Waals surface area contributed by atoms with Crippen molar-refractivity contribution in [2.45, 2.75) is 82.7 Å². The normalized spacial score (nSPS) is 25.1. The maximum atomic E-state index is 3.86. The highest BCUT2D eigenvalue weighted by molar-refractivity contribution is 5.21. The average Bonchev–Trinajstić information content (AvgIpc) is 2.74. The van der Waals surface area contributed by atoms with Crippen LogP contribution in [-0.4, -0.2) is 37.1 Å². The summed E-state index contributed by atoms with van der Waals surface area (Å²) in [6.45, 7) is 3.34. The number of hydrogen-bond donors (Lipinski definition) is 1. The highest BCUT2D eigenvalue weighted by Crippen LogP contribution is 2.39. The van der Waals surface area contributed by atoms with Crippen LogP contribution >= 0.6 is 0 Å². The van der Waals surface area contributed by atoms with Gasteiger partial charge < -0.3 is 10.2 Å². The third kappa shape index (κ3) is 3.46. The van der Waals surface area contributed by atoms with E-state index in [0.29, 0.717) is 11.6 Å². The van der Waals surface area contributed by atoms with Crippen molar-refractivity contribution in [3.05, 3.63) is 11.6 Å². The Kier molecular flexibility index (Phi) is 6.10. The van der Waals surface area contributed by atoms with Gasteiger partial charge in [0.25, 0.3) is 0 Å². The molecule has 1 N–H and O–H groups in total. The Hall–Kier alpha value is -0.340. The standard InChI is InChI=1S/C18H34N2/c1-4-19-17(16-12-8-5-6-9-13-16)18(20(2)3)14-10-7-11-15-18/h12,17,19H,4-11,13-15H2,1-3H3. The van der Waals surface area contributed by atoms with Gasteiger partial charge in [-0.05, 0) is 59.2 Å². The monoisotopic (exact) mass is 278 g/mol. The molecule has 0 aromatic carbocycles. The zero-order valence-electron chi connectivity index (χ0n) is 13.9. The predicted molar refractivity (Wildman–Crippen MR) is 88.1 cm³/mol. The minimum absolute atomic E-state index is 0.352. The van der Waals surface area contributed by atoms with Crippen LogP contribution in [-0.2, 0) is 0 Å². The summed E-state index contributed by atoms with van der Waals surface area (Å²) >= 11 is 0. The van der Waals surface area contributed by atoms with Crippen LogP contribution in [0.1, 0.15) is 71.1 Å². The molecule has 2 nitrogen and oxygen atoms in total. The molecule has 2 heteroatoms. The van der Waals surface area contributed by atoms with E-state index < -0.39 is 0 Å². The molecule has 20 heavy (non-hydrogen) atoms. The van der Waals surface area contributed by atoms with E-state index in [-0.39, 0.29) is 0 Å². The second kappa shape index (κ2) is 7.61. The molecule has 0 bridgehead atoms. The molecule has 1 unspecified atom stereocenters.